The van der Waals surface area contributed by atoms with Crippen LogP contribution in [0.25, 0.3) is 0 Å². The van der Waals surface area contributed by atoms with Gasteiger partial charge in [-0.2, -0.15) is 0 Å². The summed E-state index contributed by atoms with van der Waals surface area (Å²) in [5, 5.41) is 14.8. The minimum atomic E-state index is -0.792. The molecule has 2 rings (SSSR count). The summed E-state index contributed by atoms with van der Waals surface area (Å²) in [5.74, 6) is -0.932. The molecule has 6 nitrogen and oxygen atoms in total. The number of morpholine rings is 1. The fourth-order valence-electron chi connectivity index (χ4n) is 2.54. The normalized spacial score (nSPS) is 26.1. The number of hydrogen-bond acceptors (Lipinski definition) is 4. The maximum Gasteiger partial charge on any atom is 0.303 e. The van der Waals surface area contributed by atoms with Gasteiger partial charge < -0.3 is 20.5 Å². The smallest absolute Gasteiger partial charge is 0.303 e. The molecule has 0 aromatic rings. The maximum atomic E-state index is 11.8. The van der Waals surface area contributed by atoms with E-state index in [-0.39, 0.29) is 17.7 Å². The number of rotatable bonds is 5. The Hall–Kier alpha value is -1.14. The van der Waals surface area contributed by atoms with E-state index in [4.69, 9.17) is 9.84 Å². The summed E-state index contributed by atoms with van der Waals surface area (Å²) in [6, 6.07) is 0. The number of aliphatic carboxylic acids is 1. The first-order chi connectivity index (χ1) is 8.61. The summed E-state index contributed by atoms with van der Waals surface area (Å²) in [4.78, 5) is 22.7. The number of amides is 1. The number of carbonyl (C=O) groups is 2. The van der Waals surface area contributed by atoms with Crippen LogP contribution in [0.1, 0.15) is 25.7 Å². The average molecular weight is 256 g/mol. The fraction of sp³-hybridized carbons (Fsp3) is 0.833. The summed E-state index contributed by atoms with van der Waals surface area (Å²) in [6.45, 7) is 2.28. The SMILES string of the molecule is O=C(O)CC1(CNC(=O)C2CNCCO2)CCC1. The maximum absolute atomic E-state index is 11.8. The van der Waals surface area contributed by atoms with Crippen molar-refractivity contribution in [2.75, 3.05) is 26.2 Å². The molecule has 0 bridgehead atoms. The molecule has 1 saturated carbocycles. The third-order valence-corrected chi connectivity index (χ3v) is 3.80. The van der Waals surface area contributed by atoms with E-state index in [2.05, 4.69) is 10.6 Å². The second-order valence-electron chi connectivity index (χ2n) is 5.21. The Morgan fingerprint density at radius 3 is 2.72 bits per heavy atom. The number of ether oxygens (including phenoxy) is 1. The highest BCUT2D eigenvalue weighted by atomic mass is 16.5. The minimum Gasteiger partial charge on any atom is -0.481 e. The van der Waals surface area contributed by atoms with Crippen LogP contribution in [0.2, 0.25) is 0 Å². The van der Waals surface area contributed by atoms with Crippen molar-refractivity contribution in [3.63, 3.8) is 0 Å². The highest BCUT2D eigenvalue weighted by Gasteiger charge is 2.39. The van der Waals surface area contributed by atoms with Gasteiger partial charge in [0, 0.05) is 19.6 Å². The molecule has 1 atom stereocenters. The van der Waals surface area contributed by atoms with Gasteiger partial charge in [0.15, 0.2) is 0 Å². The number of nitrogens with one attached hydrogen (secondary N) is 2. The summed E-state index contributed by atoms with van der Waals surface area (Å²) in [6.07, 6.45) is 2.50. The molecule has 0 aromatic heterocycles. The summed E-state index contributed by atoms with van der Waals surface area (Å²) >= 11 is 0. The first-order valence-electron chi connectivity index (χ1n) is 6.43. The lowest BCUT2D eigenvalue weighted by atomic mass is 9.66. The largest absolute Gasteiger partial charge is 0.481 e. The molecule has 1 unspecified atom stereocenters. The summed E-state index contributed by atoms with van der Waals surface area (Å²) in [7, 11) is 0. The lowest BCUT2D eigenvalue weighted by Crippen LogP contribution is -2.51. The van der Waals surface area contributed by atoms with Crippen molar-refractivity contribution in [2.45, 2.75) is 31.8 Å². The van der Waals surface area contributed by atoms with Gasteiger partial charge in [-0.05, 0) is 18.3 Å². The third kappa shape index (κ3) is 3.20. The van der Waals surface area contributed by atoms with Crippen molar-refractivity contribution < 1.29 is 19.4 Å². The predicted molar refractivity (Wildman–Crippen MR) is 64.2 cm³/mol. The van der Waals surface area contributed by atoms with E-state index in [0.29, 0.717) is 19.7 Å². The molecule has 2 fully saturated rings. The number of hydrogen-bond donors (Lipinski definition) is 3. The number of carboxylic acid groups (broad SMARTS) is 1. The van der Waals surface area contributed by atoms with E-state index in [1.807, 2.05) is 0 Å². The highest BCUT2D eigenvalue weighted by molar-refractivity contribution is 5.81. The lowest BCUT2D eigenvalue weighted by molar-refractivity contribution is -0.143. The Kier molecular flexibility index (Phi) is 4.19. The molecule has 0 aromatic carbocycles. The number of carboxylic acids is 1. The van der Waals surface area contributed by atoms with Crippen molar-refractivity contribution >= 4 is 11.9 Å². The van der Waals surface area contributed by atoms with Crippen LogP contribution in [0.3, 0.4) is 0 Å². The molecule has 18 heavy (non-hydrogen) atoms. The molecule has 6 heteroatoms. The van der Waals surface area contributed by atoms with Crippen molar-refractivity contribution in [2.24, 2.45) is 5.41 Å². The molecule has 0 radical (unpaired) electrons. The van der Waals surface area contributed by atoms with Gasteiger partial charge in [0.25, 0.3) is 0 Å². The van der Waals surface area contributed by atoms with Crippen LogP contribution in [0.15, 0.2) is 0 Å². The Bertz CT molecular complexity index is 322. The fourth-order valence-corrected chi connectivity index (χ4v) is 2.54. The molecule has 0 spiro atoms. The molecule has 3 N–H and O–H groups in total. The second kappa shape index (κ2) is 5.67. The topological polar surface area (TPSA) is 87.7 Å². The zero-order valence-electron chi connectivity index (χ0n) is 10.4. The highest BCUT2D eigenvalue weighted by Crippen LogP contribution is 2.43. The third-order valence-electron chi connectivity index (χ3n) is 3.80. The lowest BCUT2D eigenvalue weighted by Gasteiger charge is -2.41. The van der Waals surface area contributed by atoms with Crippen LogP contribution in [-0.4, -0.2) is 49.3 Å². The Morgan fingerprint density at radius 2 is 2.22 bits per heavy atom. The van der Waals surface area contributed by atoms with Crippen LogP contribution >= 0.6 is 0 Å². The standard InChI is InChI=1S/C12H20N2O4/c15-10(16)6-12(2-1-3-12)8-14-11(17)9-7-13-4-5-18-9/h9,13H,1-8H2,(H,14,17)(H,15,16). The summed E-state index contributed by atoms with van der Waals surface area (Å²) in [5.41, 5.74) is -0.233. The Labute approximate surface area is 106 Å². The van der Waals surface area contributed by atoms with E-state index in [1.165, 1.54) is 0 Å². The van der Waals surface area contributed by atoms with E-state index < -0.39 is 12.1 Å². The molecule has 1 aliphatic heterocycles. The van der Waals surface area contributed by atoms with Gasteiger partial charge in [0.1, 0.15) is 6.10 Å². The monoisotopic (exact) mass is 256 g/mol. The van der Waals surface area contributed by atoms with Crippen LogP contribution < -0.4 is 10.6 Å². The molecular weight excluding hydrogens is 236 g/mol. The van der Waals surface area contributed by atoms with E-state index in [9.17, 15) is 9.59 Å². The summed E-state index contributed by atoms with van der Waals surface area (Å²) < 4.78 is 5.35. The van der Waals surface area contributed by atoms with Gasteiger partial charge in [-0.15, -0.1) is 0 Å². The minimum absolute atomic E-state index is 0.136. The predicted octanol–water partition coefficient (Wildman–Crippen LogP) is -0.264. The van der Waals surface area contributed by atoms with Gasteiger partial charge in [-0.1, -0.05) is 6.42 Å². The van der Waals surface area contributed by atoms with E-state index in [1.54, 1.807) is 0 Å². The molecule has 2 aliphatic rings. The average Bonchev–Trinajstić information content (AvgIpc) is 2.32. The van der Waals surface area contributed by atoms with Crippen LogP contribution in [0, 0.1) is 5.41 Å². The first-order valence-corrected chi connectivity index (χ1v) is 6.43. The van der Waals surface area contributed by atoms with Crippen molar-refractivity contribution in [1.82, 2.24) is 10.6 Å². The van der Waals surface area contributed by atoms with Gasteiger partial charge in [0.2, 0.25) is 5.91 Å². The zero-order chi connectivity index (χ0) is 13.0. The van der Waals surface area contributed by atoms with Crippen LogP contribution in [0.4, 0.5) is 0 Å². The van der Waals surface area contributed by atoms with Gasteiger partial charge >= 0.3 is 5.97 Å². The van der Waals surface area contributed by atoms with Crippen molar-refractivity contribution in [3.8, 4) is 0 Å². The molecule has 1 amide bonds. The van der Waals surface area contributed by atoms with Crippen LogP contribution in [-0.2, 0) is 14.3 Å². The Balaban J connectivity index is 1.78. The van der Waals surface area contributed by atoms with Crippen molar-refractivity contribution in [1.29, 1.82) is 0 Å². The van der Waals surface area contributed by atoms with E-state index in [0.717, 1.165) is 25.8 Å². The quantitative estimate of drug-likeness (QED) is 0.630. The zero-order valence-corrected chi connectivity index (χ0v) is 10.4. The van der Waals surface area contributed by atoms with Gasteiger partial charge in [-0.25, -0.2) is 0 Å². The molecule has 1 aliphatic carbocycles. The van der Waals surface area contributed by atoms with Gasteiger partial charge in [-0.3, -0.25) is 9.59 Å². The Morgan fingerprint density at radius 1 is 1.44 bits per heavy atom. The first kappa shape index (κ1) is 13.3. The molecule has 1 saturated heterocycles. The number of carbonyl (C=O) groups excluding carboxylic acids is 1. The van der Waals surface area contributed by atoms with Gasteiger partial charge in [0.05, 0.1) is 13.0 Å². The molecule has 1 heterocycles. The van der Waals surface area contributed by atoms with Crippen molar-refractivity contribution in [3.05, 3.63) is 0 Å². The molecular formula is C12H20N2O4. The molecule has 102 valence electrons. The van der Waals surface area contributed by atoms with Crippen LogP contribution in [0.5, 0.6) is 0 Å². The second-order valence-corrected chi connectivity index (χ2v) is 5.21. The van der Waals surface area contributed by atoms with E-state index >= 15 is 0 Å².